The highest BCUT2D eigenvalue weighted by Crippen LogP contribution is 2.48. The van der Waals surface area contributed by atoms with Gasteiger partial charge in [-0.1, -0.05) is 0 Å². The van der Waals surface area contributed by atoms with Gasteiger partial charge in [-0.05, 0) is 30.7 Å². The molecule has 0 spiro atoms. The first-order valence-corrected chi connectivity index (χ1v) is 6.90. The van der Waals surface area contributed by atoms with Crippen LogP contribution in [-0.2, 0) is 4.74 Å². The van der Waals surface area contributed by atoms with Gasteiger partial charge in [0.15, 0.2) is 5.58 Å². The Labute approximate surface area is 121 Å². The molecule has 1 fully saturated rings. The van der Waals surface area contributed by atoms with Crippen molar-refractivity contribution in [3.05, 3.63) is 28.3 Å². The zero-order valence-electron chi connectivity index (χ0n) is 11.8. The van der Waals surface area contributed by atoms with E-state index >= 15 is 0 Å². The Hall–Kier alpha value is -2.15. The molecule has 1 aliphatic rings. The van der Waals surface area contributed by atoms with E-state index < -0.39 is 4.92 Å². The number of hydrogen-bond donors (Lipinski definition) is 1. The second kappa shape index (κ2) is 5.33. The summed E-state index contributed by atoms with van der Waals surface area (Å²) in [4.78, 5) is 14.6. The lowest BCUT2D eigenvalue weighted by atomic mass is 10.0. The minimum absolute atomic E-state index is 0.00366. The summed E-state index contributed by atoms with van der Waals surface area (Å²) < 4.78 is 10.7. The van der Waals surface area contributed by atoms with Crippen LogP contribution in [0.25, 0.3) is 11.1 Å². The lowest BCUT2D eigenvalue weighted by Crippen LogP contribution is -2.17. The maximum atomic E-state index is 10.7. The molecule has 0 radical (unpaired) electrons. The average molecular weight is 291 g/mol. The van der Waals surface area contributed by atoms with Crippen LogP contribution in [0.3, 0.4) is 0 Å². The molecule has 1 heterocycles. The molecule has 0 saturated heterocycles. The van der Waals surface area contributed by atoms with Crippen molar-refractivity contribution in [3.8, 4) is 0 Å². The van der Waals surface area contributed by atoms with Crippen LogP contribution in [0, 0.1) is 15.5 Å². The van der Waals surface area contributed by atoms with E-state index in [4.69, 9.17) is 9.15 Å². The second-order valence-corrected chi connectivity index (χ2v) is 5.52. The van der Waals surface area contributed by atoms with E-state index in [0.29, 0.717) is 17.1 Å². The topological polar surface area (TPSA) is 90.4 Å². The quantitative estimate of drug-likeness (QED) is 0.623. The van der Waals surface area contributed by atoms with Crippen LogP contribution in [0.4, 0.5) is 11.7 Å². The van der Waals surface area contributed by atoms with Gasteiger partial charge in [0.2, 0.25) is 0 Å². The van der Waals surface area contributed by atoms with Crippen molar-refractivity contribution in [2.75, 3.05) is 25.6 Å². The Bertz CT molecular complexity index is 663. The highest BCUT2D eigenvalue weighted by molar-refractivity contribution is 5.77. The number of anilines is 1. The first-order chi connectivity index (χ1) is 10.1. The van der Waals surface area contributed by atoms with Gasteiger partial charge in [0, 0.05) is 26.3 Å². The molecule has 0 amide bonds. The summed E-state index contributed by atoms with van der Waals surface area (Å²) in [7, 11) is 1.71. The first kappa shape index (κ1) is 13.8. The molecular formula is C14H17N3O4. The fourth-order valence-electron chi connectivity index (χ4n) is 2.38. The van der Waals surface area contributed by atoms with Gasteiger partial charge in [-0.2, -0.15) is 4.98 Å². The molecule has 1 aromatic heterocycles. The van der Waals surface area contributed by atoms with E-state index in [1.807, 2.05) is 0 Å². The summed E-state index contributed by atoms with van der Waals surface area (Å²) in [5, 5.41) is 13.9. The molecule has 3 rings (SSSR count). The fraction of sp³-hybridized carbons (Fsp3) is 0.500. The fourth-order valence-corrected chi connectivity index (χ4v) is 2.38. The second-order valence-electron chi connectivity index (χ2n) is 5.52. The number of rotatable bonds is 7. The predicted octanol–water partition coefficient (Wildman–Crippen LogP) is 2.96. The number of fused-ring (bicyclic) bond motifs is 1. The van der Waals surface area contributed by atoms with Gasteiger partial charge < -0.3 is 14.5 Å². The molecular weight excluding hydrogens is 274 g/mol. The molecule has 21 heavy (non-hydrogen) atoms. The van der Waals surface area contributed by atoms with E-state index in [0.717, 1.165) is 19.6 Å². The summed E-state index contributed by atoms with van der Waals surface area (Å²) in [5.41, 5.74) is 1.32. The van der Waals surface area contributed by atoms with Crippen molar-refractivity contribution in [3.63, 3.8) is 0 Å². The van der Waals surface area contributed by atoms with E-state index in [-0.39, 0.29) is 11.1 Å². The number of ether oxygens (including phenoxy) is 1. The van der Waals surface area contributed by atoms with Crippen molar-refractivity contribution in [2.45, 2.75) is 19.3 Å². The molecule has 2 aromatic rings. The number of hydrogen-bond acceptors (Lipinski definition) is 6. The molecule has 7 nitrogen and oxygen atoms in total. The van der Waals surface area contributed by atoms with Gasteiger partial charge in [-0.3, -0.25) is 10.1 Å². The number of nitrogens with one attached hydrogen (secondary N) is 1. The highest BCUT2D eigenvalue weighted by Gasteiger charge is 2.42. The van der Waals surface area contributed by atoms with E-state index in [1.54, 1.807) is 13.2 Å². The highest BCUT2D eigenvalue weighted by atomic mass is 16.6. The van der Waals surface area contributed by atoms with Crippen molar-refractivity contribution in [1.82, 2.24) is 4.98 Å². The Kier molecular flexibility index (Phi) is 3.50. The molecule has 112 valence electrons. The number of oxazole rings is 1. The minimum Gasteiger partial charge on any atom is -0.423 e. The van der Waals surface area contributed by atoms with Crippen LogP contribution in [-0.4, -0.2) is 30.2 Å². The van der Waals surface area contributed by atoms with Crippen LogP contribution < -0.4 is 5.32 Å². The van der Waals surface area contributed by atoms with Crippen LogP contribution >= 0.6 is 0 Å². The number of non-ortho nitro benzene ring substituents is 1. The third kappa shape index (κ3) is 2.97. The van der Waals surface area contributed by atoms with E-state index in [9.17, 15) is 10.1 Å². The SMILES string of the molecule is COCCC1(CNc2nc3ccc([N+](=O)[O-])cc3o2)CC1. The largest absolute Gasteiger partial charge is 0.423 e. The van der Waals surface area contributed by atoms with Gasteiger partial charge >= 0.3 is 0 Å². The predicted molar refractivity (Wildman–Crippen MR) is 77.3 cm³/mol. The van der Waals surface area contributed by atoms with Crippen molar-refractivity contribution < 1.29 is 14.1 Å². The molecule has 0 bridgehead atoms. The average Bonchev–Trinajstić information content (AvgIpc) is 3.13. The Balaban J connectivity index is 1.69. The van der Waals surface area contributed by atoms with Crippen LogP contribution in [0.5, 0.6) is 0 Å². The van der Waals surface area contributed by atoms with Crippen molar-refractivity contribution >= 4 is 22.8 Å². The maximum Gasteiger partial charge on any atom is 0.295 e. The van der Waals surface area contributed by atoms with E-state index in [2.05, 4.69) is 10.3 Å². The van der Waals surface area contributed by atoms with E-state index in [1.165, 1.54) is 25.0 Å². The molecule has 0 atom stereocenters. The number of nitro groups is 1. The summed E-state index contributed by atoms with van der Waals surface area (Å²) in [6.45, 7) is 1.53. The third-order valence-corrected chi connectivity index (χ3v) is 3.99. The zero-order valence-corrected chi connectivity index (χ0v) is 11.8. The van der Waals surface area contributed by atoms with Gasteiger partial charge in [0.1, 0.15) is 5.52 Å². The summed E-state index contributed by atoms with van der Waals surface area (Å²) >= 11 is 0. The number of nitro benzene ring substituents is 1. The third-order valence-electron chi connectivity index (χ3n) is 3.99. The van der Waals surface area contributed by atoms with Crippen molar-refractivity contribution in [1.29, 1.82) is 0 Å². The Morgan fingerprint density at radius 1 is 1.52 bits per heavy atom. The molecule has 1 N–H and O–H groups in total. The lowest BCUT2D eigenvalue weighted by molar-refractivity contribution is -0.384. The van der Waals surface area contributed by atoms with Gasteiger partial charge in [-0.25, -0.2) is 0 Å². The minimum atomic E-state index is -0.445. The van der Waals surface area contributed by atoms with Gasteiger partial charge in [-0.15, -0.1) is 0 Å². The Morgan fingerprint density at radius 2 is 2.33 bits per heavy atom. The molecule has 1 saturated carbocycles. The molecule has 0 aliphatic heterocycles. The Morgan fingerprint density at radius 3 is 3.00 bits per heavy atom. The zero-order chi connectivity index (χ0) is 14.9. The molecule has 1 aliphatic carbocycles. The molecule has 1 aromatic carbocycles. The lowest BCUT2D eigenvalue weighted by Gasteiger charge is -2.14. The first-order valence-electron chi connectivity index (χ1n) is 6.90. The normalized spacial score (nSPS) is 16.0. The monoisotopic (exact) mass is 291 g/mol. The van der Waals surface area contributed by atoms with Crippen LogP contribution in [0.2, 0.25) is 0 Å². The smallest absolute Gasteiger partial charge is 0.295 e. The number of methoxy groups -OCH3 is 1. The molecule has 0 unspecified atom stereocenters. The number of aromatic nitrogens is 1. The summed E-state index contributed by atoms with van der Waals surface area (Å²) in [5.74, 6) is 0. The van der Waals surface area contributed by atoms with Crippen molar-refractivity contribution in [2.24, 2.45) is 5.41 Å². The van der Waals surface area contributed by atoms with Gasteiger partial charge in [0.05, 0.1) is 11.0 Å². The number of benzene rings is 1. The molecule has 7 heteroatoms. The summed E-state index contributed by atoms with van der Waals surface area (Å²) in [6, 6.07) is 4.83. The van der Waals surface area contributed by atoms with Gasteiger partial charge in [0.25, 0.3) is 11.7 Å². The standard InChI is InChI=1S/C14H17N3O4/c1-20-7-6-14(4-5-14)9-15-13-16-11-3-2-10(17(18)19)8-12(11)21-13/h2-3,8H,4-7,9H2,1H3,(H,15,16). The van der Waals surface area contributed by atoms with Crippen LogP contribution in [0.15, 0.2) is 22.6 Å². The maximum absolute atomic E-state index is 10.7. The van der Waals surface area contributed by atoms with Crippen LogP contribution in [0.1, 0.15) is 19.3 Å². The number of nitrogens with zero attached hydrogens (tertiary/aromatic N) is 2. The summed E-state index contributed by atoms with van der Waals surface area (Å²) in [6.07, 6.45) is 3.37.